The number of aromatic nitrogens is 2. The molecule has 0 fully saturated rings. The monoisotopic (exact) mass is 291 g/mol. The molecule has 0 radical (unpaired) electrons. The number of nitro groups is 2. The summed E-state index contributed by atoms with van der Waals surface area (Å²) in [7, 11) is 0. The van der Waals surface area contributed by atoms with Crippen LogP contribution < -0.4 is 10.5 Å². The first-order valence-corrected chi connectivity index (χ1v) is 5.59. The van der Waals surface area contributed by atoms with Crippen molar-refractivity contribution in [3.63, 3.8) is 0 Å². The van der Waals surface area contributed by atoms with E-state index in [2.05, 4.69) is 9.97 Å². The van der Waals surface area contributed by atoms with Crippen molar-refractivity contribution >= 4 is 17.3 Å². The van der Waals surface area contributed by atoms with E-state index >= 15 is 0 Å². The van der Waals surface area contributed by atoms with E-state index in [9.17, 15) is 20.2 Å². The first-order valence-electron chi connectivity index (χ1n) is 5.59. The minimum absolute atomic E-state index is 0.0596. The number of nitrogens with two attached hydrogens (primary N) is 1. The Kier molecular flexibility index (Phi) is 3.61. The number of aryl methyl sites for hydroxylation is 1. The van der Waals surface area contributed by atoms with Crippen molar-refractivity contribution < 1.29 is 14.6 Å². The summed E-state index contributed by atoms with van der Waals surface area (Å²) in [6.45, 7) is 1.40. The topological polar surface area (TPSA) is 147 Å². The van der Waals surface area contributed by atoms with E-state index in [1.807, 2.05) is 0 Å². The zero-order chi connectivity index (χ0) is 15.6. The normalized spacial score (nSPS) is 10.1. The molecular weight excluding hydrogens is 282 g/mol. The second-order valence-electron chi connectivity index (χ2n) is 3.93. The lowest BCUT2D eigenvalue weighted by atomic mass is 10.3. The fraction of sp³-hybridized carbons (Fsp3) is 0.0909. The summed E-state index contributed by atoms with van der Waals surface area (Å²) in [6, 6.07) is 5.02. The molecule has 0 unspecified atom stereocenters. The average molecular weight is 291 g/mol. The summed E-state index contributed by atoms with van der Waals surface area (Å²) >= 11 is 0. The molecule has 0 aliphatic carbocycles. The Morgan fingerprint density at radius 1 is 1.10 bits per heavy atom. The highest BCUT2D eigenvalue weighted by Gasteiger charge is 2.23. The Balaban J connectivity index is 2.39. The maximum Gasteiger partial charge on any atom is 0.352 e. The molecule has 2 N–H and O–H groups in total. The third-order valence-corrected chi connectivity index (χ3v) is 2.49. The number of hydrogen-bond acceptors (Lipinski definition) is 8. The van der Waals surface area contributed by atoms with Crippen LogP contribution >= 0.6 is 0 Å². The van der Waals surface area contributed by atoms with Crippen LogP contribution in [0, 0.1) is 27.2 Å². The Morgan fingerprint density at radius 2 is 1.71 bits per heavy atom. The first-order chi connectivity index (χ1) is 9.88. The number of anilines is 1. The molecule has 1 heterocycles. The Morgan fingerprint density at radius 3 is 2.24 bits per heavy atom. The van der Waals surface area contributed by atoms with Gasteiger partial charge in [0.2, 0.25) is 5.95 Å². The van der Waals surface area contributed by atoms with Crippen LogP contribution in [0.25, 0.3) is 0 Å². The van der Waals surface area contributed by atoms with Crippen molar-refractivity contribution in [3.8, 4) is 11.6 Å². The molecule has 108 valence electrons. The predicted octanol–water partition coefficient (Wildman–Crippen LogP) is 1.98. The van der Waals surface area contributed by atoms with Gasteiger partial charge in [-0.25, -0.2) is 4.98 Å². The fourth-order valence-electron chi connectivity index (χ4n) is 1.59. The summed E-state index contributed by atoms with van der Waals surface area (Å²) in [5, 5.41) is 21.5. The molecule has 0 spiro atoms. The van der Waals surface area contributed by atoms with Crippen molar-refractivity contribution in [3.05, 3.63) is 50.2 Å². The highest BCUT2D eigenvalue weighted by Crippen LogP contribution is 2.32. The summed E-state index contributed by atoms with van der Waals surface area (Å²) < 4.78 is 5.27. The van der Waals surface area contributed by atoms with Gasteiger partial charge in [0.1, 0.15) is 11.4 Å². The van der Waals surface area contributed by atoms with Gasteiger partial charge in [0.05, 0.1) is 9.85 Å². The van der Waals surface area contributed by atoms with Gasteiger partial charge in [0, 0.05) is 12.1 Å². The smallest absolute Gasteiger partial charge is 0.352 e. The molecule has 10 nitrogen and oxygen atoms in total. The Bertz CT molecular complexity index is 716. The van der Waals surface area contributed by atoms with E-state index < -0.39 is 15.5 Å². The Hall–Kier alpha value is -3.30. The fourth-order valence-corrected chi connectivity index (χ4v) is 1.59. The predicted molar refractivity (Wildman–Crippen MR) is 71.0 cm³/mol. The van der Waals surface area contributed by atoms with Gasteiger partial charge >= 0.3 is 11.6 Å². The largest absolute Gasteiger partial charge is 0.434 e. The van der Waals surface area contributed by atoms with Crippen LogP contribution in [0.2, 0.25) is 0 Å². The van der Waals surface area contributed by atoms with Crippen molar-refractivity contribution in [2.45, 2.75) is 6.92 Å². The van der Waals surface area contributed by atoms with Crippen LogP contribution in [0.15, 0.2) is 24.3 Å². The van der Waals surface area contributed by atoms with Crippen LogP contribution in [0.1, 0.15) is 5.69 Å². The number of hydrogen-bond donors (Lipinski definition) is 1. The number of ether oxygens (including phenoxy) is 1. The van der Waals surface area contributed by atoms with Crippen LogP contribution in [-0.4, -0.2) is 19.8 Å². The van der Waals surface area contributed by atoms with Gasteiger partial charge in [0.15, 0.2) is 0 Å². The Labute approximate surface area is 117 Å². The summed E-state index contributed by atoms with van der Waals surface area (Å²) in [6.07, 6.45) is 0. The van der Waals surface area contributed by atoms with Crippen molar-refractivity contribution in [2.24, 2.45) is 0 Å². The van der Waals surface area contributed by atoms with Gasteiger partial charge in [-0.15, -0.1) is 0 Å². The quantitative estimate of drug-likeness (QED) is 0.663. The van der Waals surface area contributed by atoms with E-state index in [0.717, 1.165) is 0 Å². The molecule has 2 aromatic rings. The molecule has 0 bridgehead atoms. The summed E-state index contributed by atoms with van der Waals surface area (Å²) in [4.78, 5) is 27.7. The zero-order valence-corrected chi connectivity index (χ0v) is 10.7. The van der Waals surface area contributed by atoms with E-state index in [-0.39, 0.29) is 29.0 Å². The van der Waals surface area contributed by atoms with Crippen molar-refractivity contribution in [2.75, 3.05) is 5.73 Å². The first kappa shape index (κ1) is 14.1. The molecule has 0 aliphatic heterocycles. The maximum atomic E-state index is 11.0. The number of non-ortho nitro benzene ring substituents is 1. The lowest BCUT2D eigenvalue weighted by Gasteiger charge is -2.07. The molecule has 1 aromatic heterocycles. The number of nitrogen functional groups attached to an aromatic ring is 1. The summed E-state index contributed by atoms with van der Waals surface area (Å²) in [5.41, 5.74) is 4.95. The second-order valence-corrected chi connectivity index (χ2v) is 3.93. The minimum atomic E-state index is -0.685. The third kappa shape index (κ3) is 3.00. The third-order valence-electron chi connectivity index (χ3n) is 2.49. The highest BCUT2D eigenvalue weighted by atomic mass is 16.6. The standard InChI is InChI=1S/C11H9N5O5/c1-6-9(16(19)20)10(14-11(12)13-6)21-8-4-2-7(3-5-8)15(17)18/h2-5H,1H3,(H2,12,13,14). The van der Waals surface area contributed by atoms with Crippen molar-refractivity contribution in [1.82, 2.24) is 9.97 Å². The van der Waals surface area contributed by atoms with Crippen LogP contribution in [-0.2, 0) is 0 Å². The second kappa shape index (κ2) is 5.36. The van der Waals surface area contributed by atoms with E-state index in [1.165, 1.54) is 31.2 Å². The average Bonchev–Trinajstić information content (AvgIpc) is 2.37. The lowest BCUT2D eigenvalue weighted by molar-refractivity contribution is -0.386. The highest BCUT2D eigenvalue weighted by molar-refractivity contribution is 5.50. The molecule has 0 saturated heterocycles. The van der Waals surface area contributed by atoms with Gasteiger partial charge in [-0.05, 0) is 19.1 Å². The summed E-state index contributed by atoms with van der Waals surface area (Å²) in [5.74, 6) is -0.338. The SMILES string of the molecule is Cc1nc(N)nc(Oc2ccc([N+](=O)[O-])cc2)c1[N+](=O)[O-]. The van der Waals surface area contributed by atoms with Gasteiger partial charge in [-0.1, -0.05) is 0 Å². The minimum Gasteiger partial charge on any atom is -0.434 e. The van der Waals surface area contributed by atoms with E-state index in [1.54, 1.807) is 0 Å². The van der Waals surface area contributed by atoms with Crippen LogP contribution in [0.4, 0.5) is 17.3 Å². The van der Waals surface area contributed by atoms with Gasteiger partial charge < -0.3 is 10.5 Å². The van der Waals surface area contributed by atoms with Crippen LogP contribution in [0.3, 0.4) is 0 Å². The van der Waals surface area contributed by atoms with E-state index in [0.29, 0.717) is 0 Å². The molecule has 1 aromatic carbocycles. The maximum absolute atomic E-state index is 11.0. The molecule has 21 heavy (non-hydrogen) atoms. The van der Waals surface area contributed by atoms with Gasteiger partial charge in [-0.2, -0.15) is 4.98 Å². The number of nitrogens with zero attached hydrogens (tertiary/aromatic N) is 4. The molecule has 0 amide bonds. The molecule has 0 atom stereocenters. The number of benzene rings is 1. The van der Waals surface area contributed by atoms with Gasteiger partial charge in [-0.3, -0.25) is 20.2 Å². The van der Waals surface area contributed by atoms with Crippen molar-refractivity contribution in [1.29, 1.82) is 0 Å². The van der Waals surface area contributed by atoms with E-state index in [4.69, 9.17) is 10.5 Å². The molecule has 10 heteroatoms. The molecule has 0 saturated carbocycles. The van der Waals surface area contributed by atoms with Crippen LogP contribution in [0.5, 0.6) is 11.6 Å². The molecule has 2 rings (SSSR count). The number of nitro benzene ring substituents is 1. The molecular formula is C11H9N5O5. The number of rotatable bonds is 4. The lowest BCUT2D eigenvalue weighted by Crippen LogP contribution is -2.04. The van der Waals surface area contributed by atoms with Gasteiger partial charge in [0.25, 0.3) is 5.69 Å². The zero-order valence-electron chi connectivity index (χ0n) is 10.7. The molecule has 0 aliphatic rings.